The predicted molar refractivity (Wildman–Crippen MR) is 62.9 cm³/mol. The van der Waals surface area contributed by atoms with E-state index >= 15 is 0 Å². The Bertz CT molecular complexity index is 380. The van der Waals surface area contributed by atoms with Crippen molar-refractivity contribution in [1.29, 1.82) is 0 Å². The molecule has 0 amide bonds. The second-order valence-electron chi connectivity index (χ2n) is 4.86. The number of ether oxygens (including phenoxy) is 2. The summed E-state index contributed by atoms with van der Waals surface area (Å²) in [5.41, 5.74) is 2.62. The van der Waals surface area contributed by atoms with Crippen LogP contribution in [0.4, 0.5) is 0 Å². The van der Waals surface area contributed by atoms with Crippen LogP contribution in [0.15, 0.2) is 18.2 Å². The maximum absolute atomic E-state index is 6.07. The second kappa shape index (κ2) is 4.10. The van der Waals surface area contributed by atoms with Gasteiger partial charge in [-0.2, -0.15) is 0 Å². The Morgan fingerprint density at radius 1 is 1.19 bits per heavy atom. The molecule has 1 fully saturated rings. The van der Waals surface area contributed by atoms with Crippen LogP contribution in [0.1, 0.15) is 30.4 Å². The highest BCUT2D eigenvalue weighted by Gasteiger charge is 2.30. The Balaban J connectivity index is 1.79. The van der Waals surface area contributed by atoms with Crippen molar-refractivity contribution >= 4 is 0 Å². The standard InChI is InChI=1S/C14H18O2/c1-10-4-5-11-6-7-13(16-14(11)9-10)12-3-2-8-15-12/h4-5,9,12-13H,2-3,6-8H2,1H3. The SMILES string of the molecule is Cc1ccc2c(c1)OC(C1CCCO1)CC2. The molecule has 2 aliphatic rings. The monoisotopic (exact) mass is 218 g/mol. The van der Waals surface area contributed by atoms with Crippen LogP contribution in [0.3, 0.4) is 0 Å². The van der Waals surface area contributed by atoms with Crippen LogP contribution in [0.2, 0.25) is 0 Å². The van der Waals surface area contributed by atoms with E-state index in [0.717, 1.165) is 31.6 Å². The summed E-state index contributed by atoms with van der Waals surface area (Å²) in [4.78, 5) is 0. The van der Waals surface area contributed by atoms with Crippen LogP contribution < -0.4 is 4.74 Å². The van der Waals surface area contributed by atoms with Gasteiger partial charge in [0.15, 0.2) is 0 Å². The maximum atomic E-state index is 6.07. The number of benzene rings is 1. The van der Waals surface area contributed by atoms with Crippen molar-refractivity contribution in [2.75, 3.05) is 6.61 Å². The Kier molecular flexibility index (Phi) is 2.60. The molecule has 0 N–H and O–H groups in total. The van der Waals surface area contributed by atoms with Crippen molar-refractivity contribution in [3.05, 3.63) is 29.3 Å². The molecule has 2 aliphatic heterocycles. The third-order valence-corrected chi connectivity index (χ3v) is 3.58. The fraction of sp³-hybridized carbons (Fsp3) is 0.571. The fourth-order valence-electron chi connectivity index (χ4n) is 2.66. The van der Waals surface area contributed by atoms with Crippen molar-refractivity contribution in [2.24, 2.45) is 0 Å². The fourth-order valence-corrected chi connectivity index (χ4v) is 2.66. The van der Waals surface area contributed by atoms with E-state index in [9.17, 15) is 0 Å². The number of hydrogen-bond donors (Lipinski definition) is 0. The van der Waals surface area contributed by atoms with E-state index in [4.69, 9.17) is 9.47 Å². The van der Waals surface area contributed by atoms with E-state index in [2.05, 4.69) is 25.1 Å². The summed E-state index contributed by atoms with van der Waals surface area (Å²) in [5.74, 6) is 1.08. The van der Waals surface area contributed by atoms with Gasteiger partial charge < -0.3 is 9.47 Å². The minimum atomic E-state index is 0.275. The van der Waals surface area contributed by atoms with Crippen LogP contribution in [-0.4, -0.2) is 18.8 Å². The molecule has 86 valence electrons. The average molecular weight is 218 g/mol. The summed E-state index contributed by atoms with van der Waals surface area (Å²) in [6, 6.07) is 6.50. The molecule has 0 bridgehead atoms. The summed E-state index contributed by atoms with van der Waals surface area (Å²) in [5, 5.41) is 0. The predicted octanol–water partition coefficient (Wildman–Crippen LogP) is 2.87. The summed E-state index contributed by atoms with van der Waals surface area (Å²) in [7, 11) is 0. The second-order valence-corrected chi connectivity index (χ2v) is 4.86. The third-order valence-electron chi connectivity index (χ3n) is 3.58. The first-order chi connectivity index (χ1) is 7.83. The van der Waals surface area contributed by atoms with E-state index in [1.807, 2.05) is 0 Å². The first-order valence-corrected chi connectivity index (χ1v) is 6.21. The van der Waals surface area contributed by atoms with E-state index in [-0.39, 0.29) is 6.10 Å². The molecule has 1 aromatic carbocycles. The minimum absolute atomic E-state index is 0.275. The van der Waals surface area contributed by atoms with Gasteiger partial charge in [0.25, 0.3) is 0 Å². The van der Waals surface area contributed by atoms with Gasteiger partial charge in [-0.25, -0.2) is 0 Å². The van der Waals surface area contributed by atoms with Gasteiger partial charge in [-0.3, -0.25) is 0 Å². The van der Waals surface area contributed by atoms with Gasteiger partial charge in [0.1, 0.15) is 11.9 Å². The molecule has 3 rings (SSSR count). The molecule has 2 heteroatoms. The van der Waals surface area contributed by atoms with Crippen LogP contribution in [-0.2, 0) is 11.2 Å². The lowest BCUT2D eigenvalue weighted by atomic mass is 9.97. The lowest BCUT2D eigenvalue weighted by molar-refractivity contribution is 0.00278. The third kappa shape index (κ3) is 1.82. The van der Waals surface area contributed by atoms with Crippen LogP contribution in [0, 0.1) is 6.92 Å². The van der Waals surface area contributed by atoms with Gasteiger partial charge in [0.2, 0.25) is 0 Å². The van der Waals surface area contributed by atoms with Gasteiger partial charge >= 0.3 is 0 Å². The van der Waals surface area contributed by atoms with E-state index in [1.54, 1.807) is 0 Å². The summed E-state index contributed by atoms with van der Waals surface area (Å²) < 4.78 is 11.8. The molecule has 0 radical (unpaired) electrons. The van der Waals surface area contributed by atoms with E-state index < -0.39 is 0 Å². The summed E-state index contributed by atoms with van der Waals surface area (Å²) in [6.45, 7) is 3.02. The van der Waals surface area contributed by atoms with Crippen molar-refractivity contribution in [3.63, 3.8) is 0 Å². The van der Waals surface area contributed by atoms with Gasteiger partial charge in [-0.15, -0.1) is 0 Å². The molecule has 2 atom stereocenters. The Labute approximate surface area is 96.6 Å². The molecule has 0 aromatic heterocycles. The Hall–Kier alpha value is -1.02. The molecule has 1 saturated heterocycles. The molecule has 0 saturated carbocycles. The Morgan fingerprint density at radius 3 is 2.94 bits per heavy atom. The molecular formula is C14H18O2. The van der Waals surface area contributed by atoms with Crippen molar-refractivity contribution in [2.45, 2.75) is 44.8 Å². The zero-order valence-electron chi connectivity index (χ0n) is 9.74. The minimum Gasteiger partial charge on any atom is -0.487 e. The molecule has 2 unspecified atom stereocenters. The molecule has 1 aromatic rings. The molecule has 0 spiro atoms. The normalized spacial score (nSPS) is 28.6. The van der Waals surface area contributed by atoms with Gasteiger partial charge in [0, 0.05) is 6.61 Å². The number of aryl methyl sites for hydroxylation is 2. The van der Waals surface area contributed by atoms with Gasteiger partial charge in [-0.05, 0) is 49.8 Å². The van der Waals surface area contributed by atoms with Gasteiger partial charge in [-0.1, -0.05) is 12.1 Å². The molecule has 2 heterocycles. The highest BCUT2D eigenvalue weighted by atomic mass is 16.5. The molecule has 2 nitrogen and oxygen atoms in total. The first kappa shape index (κ1) is 10.2. The average Bonchev–Trinajstić information content (AvgIpc) is 2.81. The lowest BCUT2D eigenvalue weighted by Gasteiger charge is -2.29. The van der Waals surface area contributed by atoms with Crippen LogP contribution in [0.25, 0.3) is 0 Å². The maximum Gasteiger partial charge on any atom is 0.125 e. The highest BCUT2D eigenvalue weighted by Crippen LogP contribution is 2.32. The largest absolute Gasteiger partial charge is 0.487 e. The molecule has 16 heavy (non-hydrogen) atoms. The summed E-state index contributed by atoms with van der Waals surface area (Å²) >= 11 is 0. The van der Waals surface area contributed by atoms with Crippen molar-refractivity contribution in [3.8, 4) is 5.75 Å². The lowest BCUT2D eigenvalue weighted by Crippen LogP contribution is -2.34. The van der Waals surface area contributed by atoms with Crippen LogP contribution >= 0.6 is 0 Å². The van der Waals surface area contributed by atoms with E-state index in [1.165, 1.54) is 17.5 Å². The van der Waals surface area contributed by atoms with Crippen LogP contribution in [0.5, 0.6) is 5.75 Å². The quantitative estimate of drug-likeness (QED) is 0.721. The Morgan fingerprint density at radius 2 is 2.12 bits per heavy atom. The number of rotatable bonds is 1. The zero-order valence-corrected chi connectivity index (χ0v) is 9.74. The molecule has 0 aliphatic carbocycles. The number of fused-ring (bicyclic) bond motifs is 1. The first-order valence-electron chi connectivity index (χ1n) is 6.21. The van der Waals surface area contributed by atoms with E-state index in [0.29, 0.717) is 6.10 Å². The summed E-state index contributed by atoms with van der Waals surface area (Å²) in [6.07, 6.45) is 5.17. The number of hydrogen-bond acceptors (Lipinski definition) is 2. The van der Waals surface area contributed by atoms with Gasteiger partial charge in [0.05, 0.1) is 6.10 Å². The zero-order chi connectivity index (χ0) is 11.0. The topological polar surface area (TPSA) is 18.5 Å². The smallest absolute Gasteiger partial charge is 0.125 e. The van der Waals surface area contributed by atoms with Crippen molar-refractivity contribution in [1.82, 2.24) is 0 Å². The van der Waals surface area contributed by atoms with Crippen molar-refractivity contribution < 1.29 is 9.47 Å². The molecular weight excluding hydrogens is 200 g/mol. The highest BCUT2D eigenvalue weighted by molar-refractivity contribution is 5.38.